The summed E-state index contributed by atoms with van der Waals surface area (Å²) in [5, 5.41) is 0. The Labute approximate surface area is 93.7 Å². The topological polar surface area (TPSA) is 46.2 Å². The van der Waals surface area contributed by atoms with Gasteiger partial charge in [0.2, 0.25) is 10.0 Å². The molecular formula is C11H23NO2S. The third-order valence-corrected chi connectivity index (χ3v) is 4.25. The molecule has 1 rings (SSSR count). The molecule has 3 nitrogen and oxygen atoms in total. The first-order valence-corrected chi connectivity index (χ1v) is 7.70. The van der Waals surface area contributed by atoms with Gasteiger partial charge in [0.15, 0.2) is 0 Å². The van der Waals surface area contributed by atoms with Crippen molar-refractivity contribution in [2.75, 3.05) is 6.26 Å². The first-order chi connectivity index (χ1) is 6.83. The van der Waals surface area contributed by atoms with E-state index in [0.29, 0.717) is 11.8 Å². The van der Waals surface area contributed by atoms with Gasteiger partial charge in [0, 0.05) is 6.04 Å². The average molecular weight is 233 g/mol. The fourth-order valence-corrected chi connectivity index (χ4v) is 3.56. The minimum absolute atomic E-state index is 0.192. The van der Waals surface area contributed by atoms with E-state index >= 15 is 0 Å². The Hall–Kier alpha value is -0.0900. The maximum atomic E-state index is 11.0. The van der Waals surface area contributed by atoms with Gasteiger partial charge in [-0.05, 0) is 30.6 Å². The molecule has 90 valence electrons. The van der Waals surface area contributed by atoms with Gasteiger partial charge < -0.3 is 0 Å². The van der Waals surface area contributed by atoms with E-state index in [1.54, 1.807) is 0 Å². The largest absolute Gasteiger partial charge is 0.213 e. The number of rotatable bonds is 5. The van der Waals surface area contributed by atoms with Crippen LogP contribution in [0.5, 0.6) is 0 Å². The van der Waals surface area contributed by atoms with Crippen LogP contribution in [0, 0.1) is 17.8 Å². The number of sulfonamides is 1. The standard InChI is InChI=1S/C11H23NO2S/c1-5-11(8(2)3)9-6-10(7-9)12-15(4,13)14/h8-12H,5-7H2,1-4H3. The summed E-state index contributed by atoms with van der Waals surface area (Å²) in [6, 6.07) is 0.192. The van der Waals surface area contributed by atoms with E-state index in [1.807, 2.05) is 0 Å². The van der Waals surface area contributed by atoms with Crippen molar-refractivity contribution in [2.45, 2.75) is 46.1 Å². The fraction of sp³-hybridized carbons (Fsp3) is 1.00. The minimum atomic E-state index is -3.01. The maximum Gasteiger partial charge on any atom is 0.208 e. The summed E-state index contributed by atoms with van der Waals surface area (Å²) in [4.78, 5) is 0. The van der Waals surface area contributed by atoms with E-state index in [-0.39, 0.29) is 6.04 Å². The molecule has 0 aromatic heterocycles. The zero-order chi connectivity index (χ0) is 11.6. The van der Waals surface area contributed by atoms with Crippen molar-refractivity contribution < 1.29 is 8.42 Å². The van der Waals surface area contributed by atoms with Gasteiger partial charge in [-0.15, -0.1) is 0 Å². The molecule has 1 saturated carbocycles. The molecule has 1 aliphatic carbocycles. The van der Waals surface area contributed by atoms with E-state index in [0.717, 1.165) is 18.8 Å². The Morgan fingerprint density at radius 2 is 1.87 bits per heavy atom. The van der Waals surface area contributed by atoms with Gasteiger partial charge >= 0.3 is 0 Å². The average Bonchev–Trinajstić information content (AvgIpc) is 1.97. The Morgan fingerprint density at radius 3 is 2.20 bits per heavy atom. The maximum absolute atomic E-state index is 11.0. The predicted octanol–water partition coefficient (Wildman–Crippen LogP) is 2.00. The van der Waals surface area contributed by atoms with Crippen LogP contribution in [-0.2, 0) is 10.0 Å². The third-order valence-electron chi connectivity index (χ3n) is 3.49. The summed E-state index contributed by atoms with van der Waals surface area (Å²) in [6.07, 6.45) is 4.47. The van der Waals surface area contributed by atoms with Gasteiger partial charge in [-0.3, -0.25) is 0 Å². The van der Waals surface area contributed by atoms with Gasteiger partial charge in [-0.25, -0.2) is 13.1 Å². The van der Waals surface area contributed by atoms with Crippen molar-refractivity contribution in [3.63, 3.8) is 0 Å². The van der Waals surface area contributed by atoms with E-state index in [2.05, 4.69) is 25.5 Å². The molecule has 0 saturated heterocycles. The first kappa shape index (κ1) is 13.0. The lowest BCUT2D eigenvalue weighted by molar-refractivity contribution is 0.125. The Morgan fingerprint density at radius 1 is 1.33 bits per heavy atom. The molecule has 15 heavy (non-hydrogen) atoms. The second-order valence-electron chi connectivity index (χ2n) is 5.13. The van der Waals surface area contributed by atoms with Gasteiger partial charge in [0.25, 0.3) is 0 Å². The summed E-state index contributed by atoms with van der Waals surface area (Å²) < 4.78 is 24.7. The molecule has 1 atom stereocenters. The Kier molecular flexibility index (Phi) is 4.18. The van der Waals surface area contributed by atoms with E-state index in [1.165, 1.54) is 12.7 Å². The van der Waals surface area contributed by atoms with Crippen LogP contribution in [0.15, 0.2) is 0 Å². The molecule has 4 heteroatoms. The van der Waals surface area contributed by atoms with Crippen LogP contribution in [0.2, 0.25) is 0 Å². The van der Waals surface area contributed by atoms with Crippen molar-refractivity contribution in [3.8, 4) is 0 Å². The van der Waals surface area contributed by atoms with Crippen LogP contribution >= 0.6 is 0 Å². The van der Waals surface area contributed by atoms with Crippen LogP contribution in [0.1, 0.15) is 40.0 Å². The summed E-state index contributed by atoms with van der Waals surface area (Å²) in [6.45, 7) is 6.74. The zero-order valence-electron chi connectivity index (χ0n) is 10.2. The third kappa shape index (κ3) is 3.76. The van der Waals surface area contributed by atoms with E-state index in [9.17, 15) is 8.42 Å². The molecular weight excluding hydrogens is 210 g/mol. The molecule has 0 heterocycles. The quantitative estimate of drug-likeness (QED) is 0.789. The van der Waals surface area contributed by atoms with Gasteiger partial charge in [-0.1, -0.05) is 27.2 Å². The highest BCUT2D eigenvalue weighted by Gasteiger charge is 2.36. The van der Waals surface area contributed by atoms with Gasteiger partial charge in [0.05, 0.1) is 6.26 Å². The Bertz CT molecular complexity index is 292. The van der Waals surface area contributed by atoms with Crippen LogP contribution in [0.4, 0.5) is 0 Å². The van der Waals surface area contributed by atoms with Crippen molar-refractivity contribution in [1.82, 2.24) is 4.72 Å². The smallest absolute Gasteiger partial charge is 0.208 e. The van der Waals surface area contributed by atoms with Crippen molar-refractivity contribution in [2.24, 2.45) is 17.8 Å². The lowest BCUT2D eigenvalue weighted by Crippen LogP contribution is -2.46. The molecule has 0 bridgehead atoms. The fourth-order valence-electron chi connectivity index (χ4n) is 2.76. The molecule has 1 aliphatic rings. The van der Waals surface area contributed by atoms with Crippen LogP contribution in [0.3, 0.4) is 0 Å². The molecule has 1 fully saturated rings. The van der Waals surface area contributed by atoms with Crippen LogP contribution in [0.25, 0.3) is 0 Å². The molecule has 0 aromatic rings. The lowest BCUT2D eigenvalue weighted by atomic mass is 9.68. The summed E-state index contributed by atoms with van der Waals surface area (Å²) in [5.41, 5.74) is 0. The highest BCUT2D eigenvalue weighted by atomic mass is 32.2. The van der Waals surface area contributed by atoms with Crippen LogP contribution < -0.4 is 4.72 Å². The van der Waals surface area contributed by atoms with Crippen molar-refractivity contribution >= 4 is 10.0 Å². The monoisotopic (exact) mass is 233 g/mol. The van der Waals surface area contributed by atoms with Crippen LogP contribution in [-0.4, -0.2) is 20.7 Å². The summed E-state index contributed by atoms with van der Waals surface area (Å²) in [7, 11) is -3.01. The molecule has 0 radical (unpaired) electrons. The molecule has 1 unspecified atom stereocenters. The first-order valence-electron chi connectivity index (χ1n) is 5.80. The molecule has 0 spiro atoms. The van der Waals surface area contributed by atoms with E-state index < -0.39 is 10.0 Å². The zero-order valence-corrected chi connectivity index (χ0v) is 11.0. The van der Waals surface area contributed by atoms with E-state index in [4.69, 9.17) is 0 Å². The summed E-state index contributed by atoms with van der Waals surface area (Å²) >= 11 is 0. The normalized spacial score (nSPS) is 28.9. The van der Waals surface area contributed by atoms with Gasteiger partial charge in [-0.2, -0.15) is 0 Å². The lowest BCUT2D eigenvalue weighted by Gasteiger charge is -2.41. The Balaban J connectivity index is 2.36. The highest BCUT2D eigenvalue weighted by Crippen LogP contribution is 2.39. The SMILES string of the molecule is CCC(C(C)C)C1CC(NS(C)(=O)=O)C1. The molecule has 0 aliphatic heterocycles. The molecule has 0 aromatic carbocycles. The second-order valence-corrected chi connectivity index (χ2v) is 6.91. The van der Waals surface area contributed by atoms with Gasteiger partial charge in [0.1, 0.15) is 0 Å². The molecule has 0 amide bonds. The summed E-state index contributed by atoms with van der Waals surface area (Å²) in [5.74, 6) is 2.18. The second kappa shape index (κ2) is 4.83. The number of hydrogen-bond acceptors (Lipinski definition) is 2. The highest BCUT2D eigenvalue weighted by molar-refractivity contribution is 7.88. The number of hydrogen-bond donors (Lipinski definition) is 1. The van der Waals surface area contributed by atoms with Crippen molar-refractivity contribution in [3.05, 3.63) is 0 Å². The molecule has 1 N–H and O–H groups in total. The van der Waals surface area contributed by atoms with Crippen molar-refractivity contribution in [1.29, 1.82) is 0 Å². The predicted molar refractivity (Wildman–Crippen MR) is 63.1 cm³/mol. The minimum Gasteiger partial charge on any atom is -0.213 e. The number of nitrogens with one attached hydrogen (secondary N) is 1.